The minimum absolute atomic E-state index is 0.201. The second kappa shape index (κ2) is 7.00. The second-order valence-electron chi connectivity index (χ2n) is 4.65. The van der Waals surface area contributed by atoms with E-state index in [1.807, 2.05) is 0 Å². The Kier molecular flexibility index (Phi) is 5.31. The summed E-state index contributed by atoms with van der Waals surface area (Å²) >= 11 is 3.37. The Hall–Kier alpha value is -1.46. The fourth-order valence-corrected chi connectivity index (χ4v) is 2.88. The van der Waals surface area contributed by atoms with E-state index in [0.717, 1.165) is 5.56 Å². The molecule has 0 heterocycles. The van der Waals surface area contributed by atoms with Gasteiger partial charge in [-0.25, -0.2) is 8.78 Å². The number of ether oxygens (including phenoxy) is 1. The molecule has 2 rings (SSSR count). The lowest BCUT2D eigenvalue weighted by Gasteiger charge is -2.19. The quantitative estimate of drug-likeness (QED) is 0.865. The Morgan fingerprint density at radius 1 is 1.19 bits per heavy atom. The molecule has 0 radical (unpaired) electrons. The molecule has 0 spiro atoms. The highest BCUT2D eigenvalue weighted by atomic mass is 79.9. The smallest absolute Gasteiger partial charge is 0.165 e. The van der Waals surface area contributed by atoms with Gasteiger partial charge in [0.25, 0.3) is 0 Å². The van der Waals surface area contributed by atoms with Crippen LogP contribution in [0.15, 0.2) is 40.9 Å². The summed E-state index contributed by atoms with van der Waals surface area (Å²) in [5, 5.41) is 3.07. The lowest BCUT2D eigenvalue weighted by molar-refractivity contribution is 0.386. The third kappa shape index (κ3) is 3.60. The molecule has 21 heavy (non-hydrogen) atoms. The van der Waals surface area contributed by atoms with E-state index in [9.17, 15) is 8.78 Å². The fraction of sp³-hybridized carbons (Fsp3) is 0.250. The zero-order chi connectivity index (χ0) is 15.4. The molecule has 5 heteroatoms. The molecule has 112 valence electrons. The third-order valence-corrected chi connectivity index (χ3v) is 4.04. The molecule has 0 aliphatic rings. The molecule has 0 aliphatic carbocycles. The summed E-state index contributed by atoms with van der Waals surface area (Å²) in [5.74, 6) is -0.512. The van der Waals surface area contributed by atoms with E-state index < -0.39 is 5.82 Å². The van der Waals surface area contributed by atoms with E-state index in [1.54, 1.807) is 31.3 Å². The number of halogens is 3. The summed E-state index contributed by atoms with van der Waals surface area (Å²) in [6.45, 7) is 0. The number of rotatable bonds is 5. The largest absolute Gasteiger partial charge is 0.494 e. The first-order chi connectivity index (χ1) is 10.1. The van der Waals surface area contributed by atoms with Crippen LogP contribution in [0.3, 0.4) is 0 Å². The van der Waals surface area contributed by atoms with Crippen molar-refractivity contribution in [2.45, 2.75) is 12.5 Å². The Morgan fingerprint density at radius 3 is 2.52 bits per heavy atom. The van der Waals surface area contributed by atoms with E-state index in [0.29, 0.717) is 16.5 Å². The summed E-state index contributed by atoms with van der Waals surface area (Å²) in [6.07, 6.45) is 0.469. The van der Waals surface area contributed by atoms with E-state index in [-0.39, 0.29) is 17.6 Å². The Bertz CT molecular complexity index is 613. The maximum Gasteiger partial charge on any atom is 0.165 e. The predicted molar refractivity (Wildman–Crippen MR) is 82.6 cm³/mol. The molecule has 0 amide bonds. The number of hydrogen-bond donors (Lipinski definition) is 1. The van der Waals surface area contributed by atoms with E-state index in [1.165, 1.54) is 19.2 Å². The Labute approximate surface area is 131 Å². The molecule has 2 aromatic rings. The van der Waals surface area contributed by atoms with Gasteiger partial charge in [-0.15, -0.1) is 0 Å². The zero-order valence-electron chi connectivity index (χ0n) is 11.8. The van der Waals surface area contributed by atoms with E-state index in [4.69, 9.17) is 4.74 Å². The highest BCUT2D eigenvalue weighted by Crippen LogP contribution is 2.29. The van der Waals surface area contributed by atoms with Crippen LogP contribution < -0.4 is 10.1 Å². The van der Waals surface area contributed by atoms with Gasteiger partial charge in [0.1, 0.15) is 5.82 Å². The van der Waals surface area contributed by atoms with Crippen molar-refractivity contribution in [1.29, 1.82) is 0 Å². The molecule has 1 atom stereocenters. The van der Waals surface area contributed by atoms with Crippen LogP contribution in [0.2, 0.25) is 0 Å². The van der Waals surface area contributed by atoms with Crippen molar-refractivity contribution >= 4 is 15.9 Å². The van der Waals surface area contributed by atoms with Crippen LogP contribution in [0.5, 0.6) is 5.75 Å². The fourth-order valence-electron chi connectivity index (χ4n) is 2.26. The first kappa shape index (κ1) is 15.9. The molecule has 2 aromatic carbocycles. The van der Waals surface area contributed by atoms with Crippen LogP contribution in [0.4, 0.5) is 8.78 Å². The summed E-state index contributed by atoms with van der Waals surface area (Å²) in [6, 6.07) is 9.36. The van der Waals surface area contributed by atoms with Crippen molar-refractivity contribution in [3.05, 3.63) is 63.6 Å². The highest BCUT2D eigenvalue weighted by molar-refractivity contribution is 9.10. The van der Waals surface area contributed by atoms with Crippen molar-refractivity contribution in [1.82, 2.24) is 5.32 Å². The monoisotopic (exact) mass is 355 g/mol. The van der Waals surface area contributed by atoms with Crippen LogP contribution in [-0.4, -0.2) is 14.2 Å². The molecular weight excluding hydrogens is 340 g/mol. The molecule has 0 saturated carbocycles. The molecule has 1 N–H and O–H groups in total. The van der Waals surface area contributed by atoms with Crippen molar-refractivity contribution < 1.29 is 13.5 Å². The van der Waals surface area contributed by atoms with Gasteiger partial charge in [0, 0.05) is 16.1 Å². The Morgan fingerprint density at radius 2 is 1.95 bits per heavy atom. The van der Waals surface area contributed by atoms with Gasteiger partial charge in [0.15, 0.2) is 11.6 Å². The number of nitrogens with one attached hydrogen (secondary N) is 1. The van der Waals surface area contributed by atoms with Crippen molar-refractivity contribution in [2.24, 2.45) is 0 Å². The summed E-state index contributed by atoms with van der Waals surface area (Å²) in [4.78, 5) is 0. The predicted octanol–water partition coefficient (Wildman–Crippen LogP) is 4.24. The molecule has 2 nitrogen and oxygen atoms in total. The van der Waals surface area contributed by atoms with Gasteiger partial charge in [0.2, 0.25) is 0 Å². The minimum Gasteiger partial charge on any atom is -0.494 e. The zero-order valence-corrected chi connectivity index (χ0v) is 13.4. The topological polar surface area (TPSA) is 21.3 Å². The molecule has 0 aliphatic heterocycles. The van der Waals surface area contributed by atoms with Crippen molar-refractivity contribution in [3.8, 4) is 5.75 Å². The summed E-state index contributed by atoms with van der Waals surface area (Å²) in [5.41, 5.74) is 1.30. The second-order valence-corrected chi connectivity index (χ2v) is 5.50. The van der Waals surface area contributed by atoms with Crippen molar-refractivity contribution in [3.63, 3.8) is 0 Å². The van der Waals surface area contributed by atoms with E-state index in [2.05, 4.69) is 21.2 Å². The van der Waals surface area contributed by atoms with Gasteiger partial charge in [-0.05, 0) is 43.3 Å². The number of likely N-dealkylation sites (N-methyl/N-ethyl adjacent to an activating group) is 1. The maximum absolute atomic E-state index is 14.0. The van der Waals surface area contributed by atoms with Crippen LogP contribution in [0.25, 0.3) is 0 Å². The molecule has 1 unspecified atom stereocenters. The van der Waals surface area contributed by atoms with Gasteiger partial charge >= 0.3 is 0 Å². The number of hydrogen-bond acceptors (Lipinski definition) is 2. The summed E-state index contributed by atoms with van der Waals surface area (Å²) < 4.78 is 33.3. The van der Waals surface area contributed by atoms with Crippen LogP contribution >= 0.6 is 15.9 Å². The van der Waals surface area contributed by atoms with Gasteiger partial charge < -0.3 is 10.1 Å². The van der Waals surface area contributed by atoms with Crippen LogP contribution in [0.1, 0.15) is 17.2 Å². The third-order valence-electron chi connectivity index (χ3n) is 3.35. The van der Waals surface area contributed by atoms with Crippen LogP contribution in [-0.2, 0) is 6.42 Å². The summed E-state index contributed by atoms with van der Waals surface area (Å²) in [7, 11) is 3.17. The first-order valence-corrected chi connectivity index (χ1v) is 7.29. The molecule has 0 fully saturated rings. The Balaban J connectivity index is 2.29. The molecule has 0 saturated heterocycles. The molecule has 0 aromatic heterocycles. The number of methoxy groups -OCH3 is 1. The SMILES string of the molecule is CNC(Cc1ccc(OC)c(F)c1)c1c(F)cccc1Br. The van der Waals surface area contributed by atoms with Gasteiger partial charge in [-0.3, -0.25) is 0 Å². The van der Waals surface area contributed by atoms with E-state index >= 15 is 0 Å². The lowest BCUT2D eigenvalue weighted by Crippen LogP contribution is -2.20. The number of benzene rings is 2. The maximum atomic E-state index is 14.0. The molecular formula is C16H16BrF2NO. The van der Waals surface area contributed by atoms with Gasteiger partial charge in [-0.1, -0.05) is 28.1 Å². The standard InChI is InChI=1S/C16H16BrF2NO/c1-20-14(16-11(17)4-3-5-12(16)18)9-10-6-7-15(21-2)13(19)8-10/h3-8,14,20H,9H2,1-2H3. The van der Waals surface area contributed by atoms with Crippen LogP contribution in [0, 0.1) is 11.6 Å². The highest BCUT2D eigenvalue weighted by Gasteiger charge is 2.18. The average Bonchev–Trinajstić information content (AvgIpc) is 2.46. The average molecular weight is 356 g/mol. The van der Waals surface area contributed by atoms with Crippen molar-refractivity contribution in [2.75, 3.05) is 14.2 Å². The minimum atomic E-state index is -0.419. The normalized spacial score (nSPS) is 12.2. The first-order valence-electron chi connectivity index (χ1n) is 6.50. The molecule has 0 bridgehead atoms. The van der Waals surface area contributed by atoms with Gasteiger partial charge in [-0.2, -0.15) is 0 Å². The lowest BCUT2D eigenvalue weighted by atomic mass is 9.98. The van der Waals surface area contributed by atoms with Gasteiger partial charge in [0.05, 0.1) is 7.11 Å².